The zero-order valence-electron chi connectivity index (χ0n) is 11.3. The number of carbonyl (C=O) groups is 2. The van der Waals surface area contributed by atoms with Crippen molar-refractivity contribution in [3.8, 4) is 0 Å². The quantitative estimate of drug-likeness (QED) is 0.707. The van der Waals surface area contributed by atoms with E-state index in [4.69, 9.17) is 5.11 Å². The first-order valence-electron chi connectivity index (χ1n) is 5.95. The number of alkyl halides is 3. The third kappa shape index (κ3) is 4.18. The Morgan fingerprint density at radius 1 is 1.27 bits per heavy atom. The van der Waals surface area contributed by atoms with E-state index >= 15 is 0 Å². The summed E-state index contributed by atoms with van der Waals surface area (Å²) < 4.78 is 42.0. The van der Waals surface area contributed by atoms with E-state index in [0.717, 1.165) is 13.2 Å². The lowest BCUT2D eigenvalue weighted by molar-refractivity contribution is -0.144. The summed E-state index contributed by atoms with van der Waals surface area (Å²) in [5.41, 5.74) is -2.45. The van der Waals surface area contributed by atoms with Gasteiger partial charge in [-0.3, -0.25) is 4.79 Å². The molecule has 0 aliphatic rings. The molecule has 22 heavy (non-hydrogen) atoms. The molecule has 6 nitrogen and oxygen atoms in total. The number of aromatic carboxylic acids is 1. The first kappa shape index (κ1) is 17.9. The number of aliphatic hydroxyl groups is 2. The van der Waals surface area contributed by atoms with E-state index in [1.54, 1.807) is 0 Å². The molecule has 0 aromatic heterocycles. The normalized spacial score (nSPS) is 14.3. The van der Waals surface area contributed by atoms with Crippen molar-refractivity contribution in [2.75, 3.05) is 7.11 Å². The Morgan fingerprint density at radius 2 is 1.86 bits per heavy atom. The second-order valence-corrected chi connectivity index (χ2v) is 4.40. The number of hydrogen-bond acceptors (Lipinski definition) is 5. The van der Waals surface area contributed by atoms with Crippen LogP contribution >= 0.6 is 0 Å². The molecule has 0 amide bonds. The zero-order chi connectivity index (χ0) is 17.1. The van der Waals surface area contributed by atoms with E-state index in [1.165, 1.54) is 0 Å². The van der Waals surface area contributed by atoms with Crippen molar-refractivity contribution in [1.29, 1.82) is 0 Å². The minimum atomic E-state index is -4.75. The Labute approximate surface area is 122 Å². The molecule has 1 rings (SSSR count). The molecule has 0 fully saturated rings. The molecule has 0 heterocycles. The maximum Gasteiger partial charge on any atom is 0.416 e. The first-order valence-corrected chi connectivity index (χ1v) is 5.95. The highest BCUT2D eigenvalue weighted by atomic mass is 19.4. The van der Waals surface area contributed by atoms with Gasteiger partial charge >= 0.3 is 18.1 Å². The minimum Gasteiger partial charge on any atom is -0.478 e. The van der Waals surface area contributed by atoms with Gasteiger partial charge in [-0.25, -0.2) is 4.79 Å². The summed E-state index contributed by atoms with van der Waals surface area (Å²) in [5, 5.41) is 28.5. The summed E-state index contributed by atoms with van der Waals surface area (Å²) in [4.78, 5) is 22.1. The SMILES string of the molecule is COC(=O)CC(O)C(O)c1ccc(C(F)(F)F)cc1C(=O)O. The van der Waals surface area contributed by atoms with Gasteiger partial charge in [-0.2, -0.15) is 13.2 Å². The fourth-order valence-corrected chi connectivity index (χ4v) is 1.75. The predicted molar refractivity (Wildman–Crippen MR) is 66.0 cm³/mol. The molecule has 0 radical (unpaired) electrons. The molecule has 0 saturated heterocycles. The fourth-order valence-electron chi connectivity index (χ4n) is 1.75. The van der Waals surface area contributed by atoms with E-state index in [0.29, 0.717) is 12.1 Å². The van der Waals surface area contributed by atoms with Crippen LogP contribution in [0.1, 0.15) is 34.0 Å². The fraction of sp³-hybridized carbons (Fsp3) is 0.385. The van der Waals surface area contributed by atoms with Crippen LogP contribution in [-0.4, -0.2) is 40.5 Å². The molecule has 1 aromatic rings. The van der Waals surface area contributed by atoms with Crippen molar-refractivity contribution in [3.05, 3.63) is 34.9 Å². The molecule has 3 N–H and O–H groups in total. The van der Waals surface area contributed by atoms with Crippen molar-refractivity contribution in [3.63, 3.8) is 0 Å². The van der Waals surface area contributed by atoms with Crippen LogP contribution in [0.4, 0.5) is 13.2 Å². The van der Waals surface area contributed by atoms with Gasteiger partial charge in [0.05, 0.1) is 30.8 Å². The summed E-state index contributed by atoms with van der Waals surface area (Å²) in [6.07, 6.45) is -8.97. The van der Waals surface area contributed by atoms with E-state index in [-0.39, 0.29) is 0 Å². The number of methoxy groups -OCH3 is 1. The Balaban J connectivity index is 3.18. The third-order valence-corrected chi connectivity index (χ3v) is 2.90. The standard InChI is InChI=1S/C13H13F3O6/c1-22-10(18)5-9(17)11(19)7-3-2-6(13(14,15)16)4-8(7)12(20)21/h2-4,9,11,17,19H,5H2,1H3,(H,20,21). The molecule has 0 bridgehead atoms. The van der Waals surface area contributed by atoms with Crippen LogP contribution in [0.2, 0.25) is 0 Å². The molecule has 2 unspecified atom stereocenters. The lowest BCUT2D eigenvalue weighted by Gasteiger charge is -2.20. The van der Waals surface area contributed by atoms with Gasteiger partial charge < -0.3 is 20.1 Å². The van der Waals surface area contributed by atoms with Crippen LogP contribution in [0, 0.1) is 0 Å². The number of carboxylic acid groups (broad SMARTS) is 1. The van der Waals surface area contributed by atoms with Gasteiger partial charge in [0.25, 0.3) is 0 Å². The lowest BCUT2D eigenvalue weighted by Crippen LogP contribution is -2.24. The second-order valence-electron chi connectivity index (χ2n) is 4.40. The highest BCUT2D eigenvalue weighted by molar-refractivity contribution is 5.90. The molecule has 122 valence electrons. The Kier molecular flexibility index (Phi) is 5.50. The number of ether oxygens (including phenoxy) is 1. The molecule has 9 heteroatoms. The maximum atomic E-state index is 12.6. The number of aliphatic hydroxyl groups excluding tert-OH is 2. The topological polar surface area (TPSA) is 104 Å². The third-order valence-electron chi connectivity index (χ3n) is 2.90. The molecular weight excluding hydrogens is 309 g/mol. The van der Waals surface area contributed by atoms with Crippen LogP contribution in [0.15, 0.2) is 18.2 Å². The minimum absolute atomic E-state index is 0.353. The van der Waals surface area contributed by atoms with E-state index in [1.807, 2.05) is 0 Å². The highest BCUT2D eigenvalue weighted by Gasteiger charge is 2.33. The maximum absolute atomic E-state index is 12.6. The van der Waals surface area contributed by atoms with Gasteiger partial charge in [0.1, 0.15) is 6.10 Å². The molecule has 0 aliphatic carbocycles. The van der Waals surface area contributed by atoms with Gasteiger partial charge in [-0.1, -0.05) is 6.07 Å². The number of esters is 1. The van der Waals surface area contributed by atoms with Gasteiger partial charge in [0.15, 0.2) is 0 Å². The molecule has 0 saturated carbocycles. The number of carbonyl (C=O) groups excluding carboxylic acids is 1. The average molecular weight is 322 g/mol. The van der Waals surface area contributed by atoms with Gasteiger partial charge in [0, 0.05) is 0 Å². The molecule has 0 aliphatic heterocycles. The molecule has 1 aromatic carbocycles. The van der Waals surface area contributed by atoms with Crippen LogP contribution in [0.3, 0.4) is 0 Å². The predicted octanol–water partition coefficient (Wildman–Crippen LogP) is 1.36. The first-order chi connectivity index (χ1) is 10.1. The number of hydrogen-bond donors (Lipinski definition) is 3. The lowest BCUT2D eigenvalue weighted by atomic mass is 9.95. The van der Waals surface area contributed by atoms with Crippen LogP contribution in [0.5, 0.6) is 0 Å². The van der Waals surface area contributed by atoms with Crippen LogP contribution in [-0.2, 0) is 15.7 Å². The highest BCUT2D eigenvalue weighted by Crippen LogP contribution is 2.32. The zero-order valence-corrected chi connectivity index (χ0v) is 11.3. The number of halogens is 3. The number of carboxylic acids is 1. The molecular formula is C13H13F3O6. The van der Waals surface area contributed by atoms with Crippen molar-refractivity contribution < 1.29 is 42.8 Å². The summed E-state index contributed by atoms with van der Waals surface area (Å²) in [6.45, 7) is 0. The largest absolute Gasteiger partial charge is 0.478 e. The number of rotatable bonds is 5. The summed E-state index contributed by atoms with van der Waals surface area (Å²) in [6, 6.07) is 1.68. The average Bonchev–Trinajstić information content (AvgIpc) is 2.44. The monoisotopic (exact) mass is 322 g/mol. The second kappa shape index (κ2) is 6.75. The van der Waals surface area contributed by atoms with Gasteiger partial charge in [-0.15, -0.1) is 0 Å². The Hall–Kier alpha value is -2.13. The molecule has 2 atom stereocenters. The Bertz CT molecular complexity index is 569. The van der Waals surface area contributed by atoms with Crippen molar-refractivity contribution >= 4 is 11.9 Å². The van der Waals surface area contributed by atoms with Crippen molar-refractivity contribution in [2.45, 2.75) is 24.8 Å². The van der Waals surface area contributed by atoms with E-state index in [9.17, 15) is 33.0 Å². The Morgan fingerprint density at radius 3 is 2.32 bits per heavy atom. The van der Waals surface area contributed by atoms with Gasteiger partial charge in [-0.05, 0) is 17.7 Å². The van der Waals surface area contributed by atoms with Gasteiger partial charge in [0.2, 0.25) is 0 Å². The molecule has 0 spiro atoms. The smallest absolute Gasteiger partial charge is 0.416 e. The van der Waals surface area contributed by atoms with Crippen LogP contribution in [0.25, 0.3) is 0 Å². The number of benzene rings is 1. The summed E-state index contributed by atoms with van der Waals surface area (Å²) in [5.74, 6) is -2.57. The summed E-state index contributed by atoms with van der Waals surface area (Å²) in [7, 11) is 1.04. The van der Waals surface area contributed by atoms with E-state index < -0.39 is 53.4 Å². The van der Waals surface area contributed by atoms with E-state index in [2.05, 4.69) is 4.74 Å². The van der Waals surface area contributed by atoms with Crippen molar-refractivity contribution in [1.82, 2.24) is 0 Å². The van der Waals surface area contributed by atoms with Crippen LogP contribution < -0.4 is 0 Å². The summed E-state index contributed by atoms with van der Waals surface area (Å²) >= 11 is 0. The van der Waals surface area contributed by atoms with Crippen molar-refractivity contribution in [2.24, 2.45) is 0 Å².